The molecule has 1 aliphatic carbocycles. The third kappa shape index (κ3) is 5.50. The Bertz CT molecular complexity index is 1140. The number of nitrogens with one attached hydrogen (secondary N) is 3. The number of ether oxygens (including phenoxy) is 1. The highest BCUT2D eigenvalue weighted by atomic mass is 32.2. The molecule has 2 aromatic rings. The zero-order chi connectivity index (χ0) is 23.6. The maximum Gasteiger partial charge on any atom is 0.248 e. The monoisotopic (exact) mass is 496 g/mol. The van der Waals surface area contributed by atoms with Crippen molar-refractivity contribution >= 4 is 44.1 Å². The van der Waals surface area contributed by atoms with Crippen LogP contribution in [0, 0.1) is 16.5 Å². The summed E-state index contributed by atoms with van der Waals surface area (Å²) in [6.07, 6.45) is 4.93. The summed E-state index contributed by atoms with van der Waals surface area (Å²) in [5.74, 6) is -0.582. The summed E-state index contributed by atoms with van der Waals surface area (Å²) in [6.45, 7) is 1.16. The number of aromatic nitrogens is 1. The number of halogens is 1. The molecule has 2 fully saturated rings. The Morgan fingerprint density at radius 3 is 2.67 bits per heavy atom. The number of nitrogens with zero attached hydrogens (tertiary/aromatic N) is 1. The van der Waals surface area contributed by atoms with E-state index in [0.717, 1.165) is 31.3 Å². The quantitative estimate of drug-likeness (QED) is 0.391. The van der Waals surface area contributed by atoms with Gasteiger partial charge in [-0.05, 0) is 44.1 Å². The molecule has 2 heterocycles. The van der Waals surface area contributed by atoms with E-state index < -0.39 is 32.2 Å². The van der Waals surface area contributed by atoms with Gasteiger partial charge in [-0.15, -0.1) is 0 Å². The molecular weight excluding hydrogens is 471 g/mol. The predicted molar refractivity (Wildman–Crippen MR) is 122 cm³/mol. The second-order valence-corrected chi connectivity index (χ2v) is 11.4. The lowest BCUT2D eigenvalue weighted by molar-refractivity contribution is -0.117. The van der Waals surface area contributed by atoms with E-state index in [1.54, 1.807) is 0 Å². The van der Waals surface area contributed by atoms with Crippen LogP contribution in [0.2, 0.25) is 0 Å². The van der Waals surface area contributed by atoms with Crippen LogP contribution < -0.4 is 10.6 Å². The Kier molecular flexibility index (Phi) is 6.96. The van der Waals surface area contributed by atoms with E-state index in [9.17, 15) is 22.7 Å². The second-order valence-electron chi connectivity index (χ2n) is 8.24. The fourth-order valence-corrected chi connectivity index (χ4v) is 6.34. The molecule has 1 saturated heterocycles. The standard InChI is InChI=1S/C21H25FN4O5S2/c22-19-11-24-21(32-19)26-20(28)17(7-12-3-5-31-6-4-12)25-16-8-13(27)9-18(15(16)10-23)33(29,30)14-1-2-14/h8-12,14,17,23,25,27H,1-7H2,(H,24,26,28)/t17-/m0/s1. The van der Waals surface area contributed by atoms with Crippen molar-refractivity contribution in [3.05, 3.63) is 29.0 Å². The first kappa shape index (κ1) is 23.6. The van der Waals surface area contributed by atoms with Gasteiger partial charge in [0.25, 0.3) is 0 Å². The van der Waals surface area contributed by atoms with E-state index in [1.807, 2.05) is 0 Å². The van der Waals surface area contributed by atoms with E-state index >= 15 is 0 Å². The summed E-state index contributed by atoms with van der Waals surface area (Å²) < 4.78 is 44.5. The zero-order valence-corrected chi connectivity index (χ0v) is 19.3. The molecule has 2 aliphatic rings. The molecule has 4 N–H and O–H groups in total. The van der Waals surface area contributed by atoms with Crippen LogP contribution in [-0.2, 0) is 19.4 Å². The molecule has 1 aromatic carbocycles. The van der Waals surface area contributed by atoms with Gasteiger partial charge >= 0.3 is 0 Å². The van der Waals surface area contributed by atoms with Crippen molar-refractivity contribution in [2.45, 2.75) is 48.3 Å². The number of phenolic OH excluding ortho intramolecular Hbond substituents is 1. The Hall–Kier alpha value is -2.57. The Morgan fingerprint density at radius 1 is 1.33 bits per heavy atom. The third-order valence-corrected chi connectivity index (χ3v) is 8.81. The Morgan fingerprint density at radius 2 is 2.06 bits per heavy atom. The van der Waals surface area contributed by atoms with Gasteiger partial charge in [-0.2, -0.15) is 4.39 Å². The SMILES string of the molecule is N=Cc1c(N[C@@H](CC2CCOCC2)C(=O)Nc2ncc(F)s2)cc(O)cc1S(=O)(=O)C1CC1. The van der Waals surface area contributed by atoms with Crippen LogP contribution in [0.25, 0.3) is 0 Å². The number of carbonyl (C=O) groups excluding carboxylic acids is 1. The smallest absolute Gasteiger partial charge is 0.248 e. The minimum absolute atomic E-state index is 0.0878. The molecule has 1 atom stereocenters. The van der Waals surface area contributed by atoms with Crippen molar-refractivity contribution < 1.29 is 27.4 Å². The zero-order valence-electron chi connectivity index (χ0n) is 17.7. The Balaban J connectivity index is 1.65. The summed E-state index contributed by atoms with van der Waals surface area (Å²) in [7, 11) is -3.70. The number of aromatic hydroxyl groups is 1. The number of benzene rings is 1. The van der Waals surface area contributed by atoms with E-state index in [1.165, 1.54) is 6.07 Å². The first-order valence-corrected chi connectivity index (χ1v) is 13.0. The van der Waals surface area contributed by atoms with Crippen molar-refractivity contribution in [1.29, 1.82) is 5.41 Å². The third-order valence-electron chi connectivity index (χ3n) is 5.80. The van der Waals surface area contributed by atoms with Crippen LogP contribution in [0.1, 0.15) is 37.7 Å². The molecule has 0 bridgehead atoms. The van der Waals surface area contributed by atoms with Gasteiger partial charge in [-0.25, -0.2) is 13.4 Å². The minimum atomic E-state index is -3.70. The molecule has 1 saturated carbocycles. The minimum Gasteiger partial charge on any atom is -0.508 e. The lowest BCUT2D eigenvalue weighted by Crippen LogP contribution is -2.37. The average molecular weight is 497 g/mol. The summed E-state index contributed by atoms with van der Waals surface area (Å²) in [5.41, 5.74) is 0.256. The molecule has 0 unspecified atom stereocenters. The molecule has 33 heavy (non-hydrogen) atoms. The summed E-state index contributed by atoms with van der Waals surface area (Å²) in [6, 6.07) is 1.61. The van der Waals surface area contributed by atoms with Gasteiger partial charge in [0.05, 0.1) is 16.3 Å². The van der Waals surface area contributed by atoms with Crippen LogP contribution in [0.15, 0.2) is 23.2 Å². The van der Waals surface area contributed by atoms with Crippen LogP contribution in [0.5, 0.6) is 5.75 Å². The van der Waals surface area contributed by atoms with Crippen molar-refractivity contribution in [3.8, 4) is 5.75 Å². The molecular formula is C21H25FN4O5S2. The van der Waals surface area contributed by atoms with Crippen LogP contribution in [-0.4, -0.2) is 55.1 Å². The van der Waals surface area contributed by atoms with Crippen molar-refractivity contribution in [1.82, 2.24) is 4.98 Å². The molecule has 0 spiro atoms. The van der Waals surface area contributed by atoms with Gasteiger partial charge in [0, 0.05) is 36.7 Å². The number of anilines is 2. The fourth-order valence-electron chi connectivity index (χ4n) is 3.91. The predicted octanol–water partition coefficient (Wildman–Crippen LogP) is 3.16. The van der Waals surface area contributed by atoms with Crippen LogP contribution >= 0.6 is 11.3 Å². The van der Waals surface area contributed by atoms with Crippen LogP contribution in [0.4, 0.5) is 15.2 Å². The van der Waals surface area contributed by atoms with Gasteiger partial charge in [0.1, 0.15) is 11.8 Å². The summed E-state index contributed by atoms with van der Waals surface area (Å²) in [4.78, 5) is 16.8. The number of hydrogen-bond donors (Lipinski definition) is 4. The average Bonchev–Trinajstić information content (AvgIpc) is 3.57. The molecule has 178 valence electrons. The van der Waals surface area contributed by atoms with Crippen molar-refractivity contribution in [3.63, 3.8) is 0 Å². The number of hydrogen-bond acceptors (Lipinski definition) is 9. The van der Waals surface area contributed by atoms with Gasteiger partial charge in [-0.3, -0.25) is 4.79 Å². The van der Waals surface area contributed by atoms with E-state index in [2.05, 4.69) is 15.6 Å². The van der Waals surface area contributed by atoms with Gasteiger partial charge in [-0.1, -0.05) is 11.3 Å². The number of amides is 1. The highest BCUT2D eigenvalue weighted by Crippen LogP contribution is 2.38. The summed E-state index contributed by atoms with van der Waals surface area (Å²) >= 11 is 0.699. The van der Waals surface area contributed by atoms with E-state index in [0.29, 0.717) is 43.8 Å². The van der Waals surface area contributed by atoms with E-state index in [-0.39, 0.29) is 32.9 Å². The number of sulfone groups is 1. The maximum absolute atomic E-state index is 13.3. The van der Waals surface area contributed by atoms with Crippen molar-refractivity contribution in [2.24, 2.45) is 5.92 Å². The normalized spacial score (nSPS) is 18.0. The molecule has 1 amide bonds. The lowest BCUT2D eigenvalue weighted by atomic mass is 9.92. The topological polar surface area (TPSA) is 141 Å². The molecule has 1 aromatic heterocycles. The second kappa shape index (κ2) is 9.74. The highest BCUT2D eigenvalue weighted by Gasteiger charge is 2.39. The lowest BCUT2D eigenvalue weighted by Gasteiger charge is -2.28. The number of rotatable bonds is 9. The molecule has 4 rings (SSSR count). The van der Waals surface area contributed by atoms with Gasteiger partial charge in [0.15, 0.2) is 20.1 Å². The molecule has 0 radical (unpaired) electrons. The highest BCUT2D eigenvalue weighted by molar-refractivity contribution is 7.92. The first-order chi connectivity index (χ1) is 15.8. The molecule has 9 nitrogen and oxygen atoms in total. The first-order valence-electron chi connectivity index (χ1n) is 10.7. The van der Waals surface area contributed by atoms with E-state index in [4.69, 9.17) is 10.1 Å². The largest absolute Gasteiger partial charge is 0.508 e. The van der Waals surface area contributed by atoms with Crippen molar-refractivity contribution in [2.75, 3.05) is 23.8 Å². The number of thiazole rings is 1. The molecule has 12 heteroatoms. The van der Waals surface area contributed by atoms with Gasteiger partial charge < -0.3 is 25.9 Å². The maximum atomic E-state index is 13.3. The number of carbonyl (C=O) groups is 1. The van der Waals surface area contributed by atoms with Crippen LogP contribution in [0.3, 0.4) is 0 Å². The number of phenols is 1. The Labute approximate surface area is 194 Å². The summed E-state index contributed by atoms with van der Waals surface area (Å²) in [5, 5.41) is 22.8. The van der Waals surface area contributed by atoms with Gasteiger partial charge in [0.2, 0.25) is 5.91 Å². The fraction of sp³-hybridized carbons (Fsp3) is 0.476. The molecule has 1 aliphatic heterocycles.